The van der Waals surface area contributed by atoms with Crippen LogP contribution in [0.4, 0.5) is 0 Å². The molecule has 0 saturated heterocycles. The molecule has 0 aromatic carbocycles. The van der Waals surface area contributed by atoms with Crippen LogP contribution < -0.4 is 0 Å². The van der Waals surface area contributed by atoms with Gasteiger partial charge < -0.3 is 5.11 Å². The molecule has 0 aromatic heterocycles. The highest BCUT2D eigenvalue weighted by atomic mass is 16.3. The first-order valence-electron chi connectivity index (χ1n) is 8.54. The smallest absolute Gasteiger partial charge is 0.0594 e. The van der Waals surface area contributed by atoms with Crippen LogP contribution in [0.15, 0.2) is 11.6 Å². The van der Waals surface area contributed by atoms with Crippen LogP contribution in [-0.4, -0.2) is 11.2 Å². The number of hydrogen-bond donors (Lipinski definition) is 1. The van der Waals surface area contributed by atoms with Gasteiger partial charge in [-0.2, -0.15) is 0 Å². The lowest BCUT2D eigenvalue weighted by Crippen LogP contribution is -2.55. The number of aliphatic hydroxyl groups is 1. The van der Waals surface area contributed by atoms with E-state index < -0.39 is 0 Å². The first-order valence-corrected chi connectivity index (χ1v) is 8.54. The van der Waals surface area contributed by atoms with Crippen molar-refractivity contribution in [3.05, 3.63) is 11.6 Å². The van der Waals surface area contributed by atoms with Crippen LogP contribution in [0, 0.1) is 28.1 Å². The van der Waals surface area contributed by atoms with Gasteiger partial charge in [0.15, 0.2) is 0 Å². The predicted octanol–water partition coefficient (Wildman–Crippen LogP) is 4.95. The summed E-state index contributed by atoms with van der Waals surface area (Å²) in [6, 6.07) is 0. The van der Waals surface area contributed by atoms with Crippen molar-refractivity contribution >= 4 is 0 Å². The second kappa shape index (κ2) is 4.35. The van der Waals surface area contributed by atoms with E-state index >= 15 is 0 Å². The molecule has 3 aliphatic carbocycles. The average molecular weight is 276 g/mol. The third-order valence-electron chi connectivity index (χ3n) is 7.16. The van der Waals surface area contributed by atoms with Crippen molar-refractivity contribution in [2.24, 2.45) is 28.1 Å². The fraction of sp³-hybridized carbons (Fsp3) is 0.895. The molecule has 4 unspecified atom stereocenters. The maximum absolute atomic E-state index is 10.4. The minimum Gasteiger partial charge on any atom is -0.393 e. The number of allylic oxidation sites excluding steroid dienone is 2. The summed E-state index contributed by atoms with van der Waals surface area (Å²) in [5.41, 5.74) is 2.73. The molecule has 3 aliphatic rings. The molecular weight excluding hydrogens is 244 g/mol. The Kier molecular flexibility index (Phi) is 3.18. The molecule has 4 atom stereocenters. The minimum absolute atomic E-state index is 0.0714. The molecule has 3 rings (SSSR count). The van der Waals surface area contributed by atoms with E-state index in [0.717, 1.165) is 12.3 Å². The summed E-state index contributed by atoms with van der Waals surface area (Å²) >= 11 is 0. The average Bonchev–Trinajstić information content (AvgIpc) is 2.33. The molecule has 0 amide bonds. The number of hydrogen-bond acceptors (Lipinski definition) is 1. The molecule has 1 N–H and O–H groups in total. The van der Waals surface area contributed by atoms with Crippen molar-refractivity contribution in [1.82, 2.24) is 0 Å². The summed E-state index contributed by atoms with van der Waals surface area (Å²) in [7, 11) is 0. The molecule has 0 aromatic rings. The highest BCUT2D eigenvalue weighted by molar-refractivity contribution is 5.23. The molecule has 0 aliphatic heterocycles. The summed E-state index contributed by atoms with van der Waals surface area (Å²) < 4.78 is 0. The van der Waals surface area contributed by atoms with Gasteiger partial charge in [-0.05, 0) is 66.6 Å². The van der Waals surface area contributed by atoms with Gasteiger partial charge in [0.2, 0.25) is 0 Å². The quantitative estimate of drug-likeness (QED) is 0.621. The van der Waals surface area contributed by atoms with Gasteiger partial charge in [0.25, 0.3) is 0 Å². The number of fused-ring (bicyclic) bond motifs is 3. The lowest BCUT2D eigenvalue weighted by Gasteiger charge is -2.60. The van der Waals surface area contributed by atoms with Gasteiger partial charge in [-0.1, -0.05) is 46.3 Å². The van der Waals surface area contributed by atoms with Crippen LogP contribution in [-0.2, 0) is 0 Å². The Labute approximate surface area is 124 Å². The minimum atomic E-state index is -0.115. The fourth-order valence-electron chi connectivity index (χ4n) is 5.79. The second-order valence-electron chi connectivity index (χ2n) is 9.38. The number of rotatable bonds is 0. The van der Waals surface area contributed by atoms with Crippen LogP contribution >= 0.6 is 0 Å². The monoisotopic (exact) mass is 276 g/mol. The Balaban J connectivity index is 1.96. The predicted molar refractivity (Wildman–Crippen MR) is 84.4 cm³/mol. The first kappa shape index (κ1) is 14.6. The standard InChI is InChI=1S/C19H32O/c1-17(2)10-8-14-13(12-17)6-7-15-18(3,4)16(20)9-11-19(14,15)5/h6,14-16,20H,7-12H2,1-5H3. The molecule has 0 heterocycles. The summed E-state index contributed by atoms with van der Waals surface area (Å²) in [5.74, 6) is 1.43. The molecule has 1 heteroatoms. The highest BCUT2D eigenvalue weighted by Gasteiger charge is 2.56. The van der Waals surface area contributed by atoms with Gasteiger partial charge in [-0.3, -0.25) is 0 Å². The Hall–Kier alpha value is -0.300. The van der Waals surface area contributed by atoms with Gasteiger partial charge in [-0.15, -0.1) is 0 Å². The van der Waals surface area contributed by atoms with E-state index in [-0.39, 0.29) is 11.5 Å². The van der Waals surface area contributed by atoms with Crippen LogP contribution in [0.2, 0.25) is 0 Å². The highest BCUT2D eigenvalue weighted by Crippen LogP contribution is 2.63. The van der Waals surface area contributed by atoms with Crippen molar-refractivity contribution in [3.63, 3.8) is 0 Å². The Morgan fingerprint density at radius 1 is 1.05 bits per heavy atom. The lowest BCUT2D eigenvalue weighted by atomic mass is 9.45. The summed E-state index contributed by atoms with van der Waals surface area (Å²) in [6.45, 7) is 12.0. The van der Waals surface area contributed by atoms with Gasteiger partial charge in [0.05, 0.1) is 6.10 Å². The third kappa shape index (κ3) is 2.00. The normalized spacial score (nSPS) is 46.1. The van der Waals surface area contributed by atoms with E-state index in [1.165, 1.54) is 32.1 Å². The molecule has 0 radical (unpaired) electrons. The molecule has 20 heavy (non-hydrogen) atoms. The van der Waals surface area contributed by atoms with E-state index in [1.54, 1.807) is 5.57 Å². The summed E-state index contributed by atoms with van der Waals surface area (Å²) in [6.07, 6.45) is 9.84. The van der Waals surface area contributed by atoms with Crippen molar-refractivity contribution < 1.29 is 5.11 Å². The maximum Gasteiger partial charge on any atom is 0.0594 e. The number of aliphatic hydroxyl groups excluding tert-OH is 1. The Morgan fingerprint density at radius 3 is 2.45 bits per heavy atom. The maximum atomic E-state index is 10.4. The first-order chi connectivity index (χ1) is 9.17. The molecule has 1 nitrogen and oxygen atoms in total. The summed E-state index contributed by atoms with van der Waals surface area (Å²) in [5, 5.41) is 10.4. The topological polar surface area (TPSA) is 20.2 Å². The van der Waals surface area contributed by atoms with Crippen molar-refractivity contribution in [1.29, 1.82) is 0 Å². The van der Waals surface area contributed by atoms with Gasteiger partial charge in [-0.25, -0.2) is 0 Å². The van der Waals surface area contributed by atoms with Gasteiger partial charge in [0.1, 0.15) is 0 Å². The van der Waals surface area contributed by atoms with Crippen LogP contribution in [0.3, 0.4) is 0 Å². The fourth-order valence-corrected chi connectivity index (χ4v) is 5.79. The molecule has 114 valence electrons. The zero-order valence-corrected chi connectivity index (χ0v) is 14.0. The SMILES string of the molecule is CC1(C)CCC2C(=CCC3C(C)(C)C(O)CCC23C)C1. The van der Waals surface area contributed by atoms with E-state index in [1.807, 2.05) is 0 Å². The van der Waals surface area contributed by atoms with Crippen molar-refractivity contribution in [3.8, 4) is 0 Å². The van der Waals surface area contributed by atoms with E-state index in [9.17, 15) is 5.11 Å². The molecule has 0 bridgehead atoms. The third-order valence-corrected chi connectivity index (χ3v) is 7.16. The Morgan fingerprint density at radius 2 is 1.75 bits per heavy atom. The van der Waals surface area contributed by atoms with Crippen molar-refractivity contribution in [2.75, 3.05) is 0 Å². The van der Waals surface area contributed by atoms with Gasteiger partial charge >= 0.3 is 0 Å². The second-order valence-corrected chi connectivity index (χ2v) is 9.38. The summed E-state index contributed by atoms with van der Waals surface area (Å²) in [4.78, 5) is 0. The van der Waals surface area contributed by atoms with E-state index in [0.29, 0.717) is 16.7 Å². The lowest BCUT2D eigenvalue weighted by molar-refractivity contribution is -0.120. The van der Waals surface area contributed by atoms with Gasteiger partial charge in [0, 0.05) is 0 Å². The molecular formula is C19H32O. The zero-order valence-electron chi connectivity index (χ0n) is 14.0. The molecule has 2 saturated carbocycles. The zero-order chi connectivity index (χ0) is 14.8. The largest absolute Gasteiger partial charge is 0.393 e. The van der Waals surface area contributed by atoms with E-state index in [2.05, 4.69) is 40.7 Å². The Bertz CT molecular complexity index is 431. The van der Waals surface area contributed by atoms with Crippen LogP contribution in [0.1, 0.15) is 73.1 Å². The van der Waals surface area contributed by atoms with Crippen LogP contribution in [0.25, 0.3) is 0 Å². The molecule has 0 spiro atoms. The molecule has 2 fully saturated rings. The van der Waals surface area contributed by atoms with E-state index in [4.69, 9.17) is 0 Å². The van der Waals surface area contributed by atoms with Crippen molar-refractivity contribution in [2.45, 2.75) is 79.2 Å². The van der Waals surface area contributed by atoms with Crippen LogP contribution in [0.5, 0.6) is 0 Å².